The first kappa shape index (κ1) is 22.0. The molecule has 2 aliphatic rings. The van der Waals surface area contributed by atoms with Crippen LogP contribution in [0.2, 0.25) is 0 Å². The number of amides is 3. The fraction of sp³-hybridized carbons (Fsp3) is 0.214. The van der Waals surface area contributed by atoms with Gasteiger partial charge in [0.2, 0.25) is 0 Å². The van der Waals surface area contributed by atoms with Gasteiger partial charge in [-0.05, 0) is 43.2 Å². The van der Waals surface area contributed by atoms with Gasteiger partial charge in [0.15, 0.2) is 0 Å². The number of carbonyl (C=O) groups is 3. The number of hydrogen-bond acceptors (Lipinski definition) is 6. The molecule has 4 aromatic rings. The Bertz CT molecular complexity index is 1590. The maximum atomic E-state index is 13.3. The van der Waals surface area contributed by atoms with Gasteiger partial charge in [-0.15, -0.1) is 0 Å². The standard InChI is InChI=1S/C28H23N3O5/c32-25(21-16-17-6-1-2-9-23(17)36-28(21)35)29-12-15-31-26(33)19-8-5-7-18-22(30-13-3-4-14-30)11-10-20(24(18)19)27(31)34/h1-2,5-11,16H,3-4,12-15H2,(H,29,32). The van der Waals surface area contributed by atoms with E-state index in [-0.39, 0.29) is 18.7 Å². The number of benzene rings is 3. The minimum Gasteiger partial charge on any atom is -0.422 e. The molecule has 1 saturated heterocycles. The molecular weight excluding hydrogens is 458 g/mol. The third kappa shape index (κ3) is 3.53. The summed E-state index contributed by atoms with van der Waals surface area (Å²) in [5.74, 6) is -1.41. The Morgan fingerprint density at radius 1 is 0.889 bits per heavy atom. The van der Waals surface area contributed by atoms with Crippen molar-refractivity contribution in [2.24, 2.45) is 0 Å². The van der Waals surface area contributed by atoms with Crippen molar-refractivity contribution in [1.29, 1.82) is 0 Å². The molecule has 8 heteroatoms. The van der Waals surface area contributed by atoms with Crippen molar-refractivity contribution in [2.45, 2.75) is 12.8 Å². The van der Waals surface area contributed by atoms with E-state index in [9.17, 15) is 19.2 Å². The molecule has 1 fully saturated rings. The zero-order valence-electron chi connectivity index (χ0n) is 19.5. The molecule has 2 aliphatic heterocycles. The highest BCUT2D eigenvalue weighted by molar-refractivity contribution is 6.26. The third-order valence-electron chi connectivity index (χ3n) is 6.92. The lowest BCUT2D eigenvalue weighted by Gasteiger charge is -2.29. The van der Waals surface area contributed by atoms with Gasteiger partial charge in [0.1, 0.15) is 11.1 Å². The van der Waals surface area contributed by atoms with Crippen LogP contribution in [0.25, 0.3) is 21.7 Å². The average Bonchev–Trinajstić information content (AvgIpc) is 3.43. The molecule has 1 N–H and O–H groups in total. The van der Waals surface area contributed by atoms with Crippen LogP contribution in [-0.2, 0) is 0 Å². The summed E-state index contributed by atoms with van der Waals surface area (Å²) in [6, 6.07) is 17.7. The molecule has 1 aromatic heterocycles. The number of anilines is 1. The van der Waals surface area contributed by atoms with Crippen LogP contribution in [0.15, 0.2) is 69.9 Å². The summed E-state index contributed by atoms with van der Waals surface area (Å²) in [6.07, 6.45) is 2.25. The monoisotopic (exact) mass is 481 g/mol. The average molecular weight is 482 g/mol. The molecule has 0 radical (unpaired) electrons. The molecule has 3 aromatic carbocycles. The Hall–Kier alpha value is -4.46. The number of hydrogen-bond donors (Lipinski definition) is 1. The number of para-hydroxylation sites is 1. The van der Waals surface area contributed by atoms with Crippen molar-refractivity contribution < 1.29 is 18.8 Å². The van der Waals surface area contributed by atoms with Crippen LogP contribution in [0.4, 0.5) is 5.69 Å². The summed E-state index contributed by atoms with van der Waals surface area (Å²) in [4.78, 5) is 55.0. The molecule has 0 unspecified atom stereocenters. The molecule has 6 rings (SSSR count). The van der Waals surface area contributed by atoms with Crippen molar-refractivity contribution >= 4 is 45.2 Å². The topological polar surface area (TPSA) is 99.9 Å². The predicted octanol–water partition coefficient (Wildman–Crippen LogP) is 3.57. The van der Waals surface area contributed by atoms with E-state index in [2.05, 4.69) is 10.2 Å². The highest BCUT2D eigenvalue weighted by Gasteiger charge is 2.33. The summed E-state index contributed by atoms with van der Waals surface area (Å²) in [7, 11) is 0. The molecule has 3 heterocycles. The predicted molar refractivity (Wildman–Crippen MR) is 136 cm³/mol. The second kappa shape index (κ2) is 8.64. The van der Waals surface area contributed by atoms with Gasteiger partial charge in [-0.2, -0.15) is 0 Å². The zero-order valence-corrected chi connectivity index (χ0v) is 19.5. The molecule has 0 bridgehead atoms. The molecular formula is C28H23N3O5. The van der Waals surface area contributed by atoms with E-state index in [0.29, 0.717) is 27.5 Å². The van der Waals surface area contributed by atoms with E-state index in [4.69, 9.17) is 4.42 Å². The van der Waals surface area contributed by atoms with Crippen LogP contribution in [0.3, 0.4) is 0 Å². The molecule has 36 heavy (non-hydrogen) atoms. The Balaban J connectivity index is 1.23. The molecule has 180 valence electrons. The quantitative estimate of drug-likeness (QED) is 0.346. The number of imide groups is 1. The van der Waals surface area contributed by atoms with Crippen LogP contribution < -0.4 is 15.8 Å². The Morgan fingerprint density at radius 3 is 2.44 bits per heavy atom. The first-order chi connectivity index (χ1) is 17.5. The van der Waals surface area contributed by atoms with E-state index in [1.807, 2.05) is 18.2 Å². The van der Waals surface area contributed by atoms with Gasteiger partial charge >= 0.3 is 5.63 Å². The highest BCUT2D eigenvalue weighted by atomic mass is 16.4. The molecule has 0 saturated carbocycles. The van der Waals surface area contributed by atoms with Gasteiger partial charge < -0.3 is 14.6 Å². The Labute approximate surface area is 206 Å². The van der Waals surface area contributed by atoms with Gasteiger partial charge in [0, 0.05) is 59.2 Å². The van der Waals surface area contributed by atoms with Gasteiger partial charge in [0.05, 0.1) is 0 Å². The number of nitrogens with zero attached hydrogens (tertiary/aromatic N) is 2. The molecule has 0 aliphatic carbocycles. The van der Waals surface area contributed by atoms with Crippen molar-refractivity contribution in [3.8, 4) is 0 Å². The van der Waals surface area contributed by atoms with Crippen LogP contribution in [-0.4, -0.2) is 48.8 Å². The van der Waals surface area contributed by atoms with E-state index in [0.717, 1.165) is 41.9 Å². The van der Waals surface area contributed by atoms with Gasteiger partial charge in [-0.1, -0.05) is 30.3 Å². The summed E-state index contributed by atoms with van der Waals surface area (Å²) >= 11 is 0. The SMILES string of the molecule is O=C(NCCN1C(=O)c2cccc3c(N4CCCC4)ccc(c23)C1=O)c1cc2ccccc2oc1=O. The summed E-state index contributed by atoms with van der Waals surface area (Å²) in [6.45, 7) is 1.90. The fourth-order valence-electron chi connectivity index (χ4n) is 5.16. The number of carbonyl (C=O) groups excluding carboxylic acids is 3. The Kier molecular flexibility index (Phi) is 5.29. The molecule has 0 atom stereocenters. The van der Waals surface area contributed by atoms with Crippen molar-refractivity contribution in [3.05, 3.63) is 87.8 Å². The maximum Gasteiger partial charge on any atom is 0.349 e. The van der Waals surface area contributed by atoms with E-state index in [1.165, 1.54) is 6.07 Å². The van der Waals surface area contributed by atoms with Crippen LogP contribution in [0.1, 0.15) is 43.9 Å². The lowest BCUT2D eigenvalue weighted by atomic mass is 9.92. The largest absolute Gasteiger partial charge is 0.422 e. The lowest BCUT2D eigenvalue weighted by Crippen LogP contribution is -2.45. The Morgan fingerprint density at radius 2 is 1.64 bits per heavy atom. The first-order valence-electron chi connectivity index (χ1n) is 12.0. The van der Waals surface area contributed by atoms with E-state index in [1.54, 1.807) is 36.4 Å². The summed E-state index contributed by atoms with van der Waals surface area (Å²) < 4.78 is 5.22. The van der Waals surface area contributed by atoms with Gasteiger partial charge in [0.25, 0.3) is 17.7 Å². The fourth-order valence-corrected chi connectivity index (χ4v) is 5.16. The van der Waals surface area contributed by atoms with E-state index < -0.39 is 23.3 Å². The minimum absolute atomic E-state index is 0.000247. The summed E-state index contributed by atoms with van der Waals surface area (Å²) in [5.41, 5.74) is 1.52. The van der Waals surface area contributed by atoms with Crippen LogP contribution in [0.5, 0.6) is 0 Å². The number of fused-ring (bicyclic) bond motifs is 1. The molecule has 8 nitrogen and oxygen atoms in total. The molecule has 0 spiro atoms. The second-order valence-electron chi connectivity index (χ2n) is 9.06. The van der Waals surface area contributed by atoms with Crippen LogP contribution in [0, 0.1) is 0 Å². The normalized spacial score (nSPS) is 15.2. The third-order valence-corrected chi connectivity index (χ3v) is 6.92. The zero-order chi connectivity index (χ0) is 24.8. The number of nitrogens with one attached hydrogen (secondary N) is 1. The smallest absolute Gasteiger partial charge is 0.349 e. The lowest BCUT2D eigenvalue weighted by molar-refractivity contribution is 0.0607. The number of rotatable bonds is 5. The second-order valence-corrected chi connectivity index (χ2v) is 9.06. The molecule has 3 amide bonds. The van der Waals surface area contributed by atoms with Crippen molar-refractivity contribution in [1.82, 2.24) is 10.2 Å². The maximum absolute atomic E-state index is 13.3. The first-order valence-corrected chi connectivity index (χ1v) is 12.0. The minimum atomic E-state index is -0.745. The highest BCUT2D eigenvalue weighted by Crippen LogP contribution is 2.36. The van der Waals surface area contributed by atoms with Gasteiger partial charge in [-0.25, -0.2) is 4.79 Å². The van der Waals surface area contributed by atoms with Crippen molar-refractivity contribution in [2.75, 3.05) is 31.1 Å². The van der Waals surface area contributed by atoms with Gasteiger partial charge in [-0.3, -0.25) is 19.3 Å². The van der Waals surface area contributed by atoms with Crippen molar-refractivity contribution in [3.63, 3.8) is 0 Å². The summed E-state index contributed by atoms with van der Waals surface area (Å²) in [5, 5.41) is 4.86. The van der Waals surface area contributed by atoms with Crippen LogP contribution >= 0.6 is 0 Å². The van der Waals surface area contributed by atoms with E-state index >= 15 is 0 Å².